The molecular formula is C16H27N3O2. The van der Waals surface area contributed by atoms with Crippen molar-refractivity contribution in [3.63, 3.8) is 0 Å². The van der Waals surface area contributed by atoms with Gasteiger partial charge in [0.1, 0.15) is 0 Å². The van der Waals surface area contributed by atoms with Crippen molar-refractivity contribution >= 4 is 17.3 Å². The SMILES string of the molecule is Cc1cc(N(CCN(C)C)CC(C)C)cc(C(=O)O)c1N. The number of anilines is 2. The minimum atomic E-state index is -0.977. The van der Waals surface area contributed by atoms with E-state index in [-0.39, 0.29) is 5.56 Å². The number of carboxylic acids is 1. The smallest absolute Gasteiger partial charge is 0.337 e. The molecule has 5 nitrogen and oxygen atoms in total. The van der Waals surface area contributed by atoms with E-state index in [1.54, 1.807) is 6.07 Å². The van der Waals surface area contributed by atoms with E-state index >= 15 is 0 Å². The van der Waals surface area contributed by atoms with Crippen LogP contribution in [-0.2, 0) is 0 Å². The monoisotopic (exact) mass is 293 g/mol. The third-order valence-electron chi connectivity index (χ3n) is 3.37. The highest BCUT2D eigenvalue weighted by molar-refractivity contribution is 5.95. The lowest BCUT2D eigenvalue weighted by Gasteiger charge is -2.29. The molecule has 0 amide bonds. The average molecular weight is 293 g/mol. The van der Waals surface area contributed by atoms with Gasteiger partial charge in [0.2, 0.25) is 0 Å². The number of benzene rings is 1. The predicted molar refractivity (Wildman–Crippen MR) is 88.2 cm³/mol. The minimum Gasteiger partial charge on any atom is -0.478 e. The summed E-state index contributed by atoms with van der Waals surface area (Å²) in [5.74, 6) is -0.479. The lowest BCUT2D eigenvalue weighted by Crippen LogP contribution is -2.34. The Morgan fingerprint density at radius 1 is 1.29 bits per heavy atom. The zero-order valence-electron chi connectivity index (χ0n) is 13.7. The summed E-state index contributed by atoms with van der Waals surface area (Å²) in [6.07, 6.45) is 0. The molecule has 0 heterocycles. The van der Waals surface area contributed by atoms with Crippen molar-refractivity contribution in [2.45, 2.75) is 20.8 Å². The molecular weight excluding hydrogens is 266 g/mol. The number of carbonyl (C=O) groups is 1. The average Bonchev–Trinajstić information content (AvgIpc) is 2.36. The highest BCUT2D eigenvalue weighted by Gasteiger charge is 2.16. The molecule has 0 fully saturated rings. The molecule has 0 radical (unpaired) electrons. The maximum Gasteiger partial charge on any atom is 0.337 e. The molecule has 0 aliphatic rings. The van der Waals surface area contributed by atoms with Crippen LogP contribution in [0.2, 0.25) is 0 Å². The first-order valence-corrected chi connectivity index (χ1v) is 7.25. The van der Waals surface area contributed by atoms with Gasteiger partial charge in [-0.25, -0.2) is 4.79 Å². The topological polar surface area (TPSA) is 69.8 Å². The summed E-state index contributed by atoms with van der Waals surface area (Å²) < 4.78 is 0. The van der Waals surface area contributed by atoms with E-state index in [0.29, 0.717) is 11.6 Å². The van der Waals surface area contributed by atoms with Gasteiger partial charge < -0.3 is 20.6 Å². The van der Waals surface area contributed by atoms with Gasteiger partial charge in [0.05, 0.1) is 5.56 Å². The van der Waals surface area contributed by atoms with Crippen LogP contribution >= 0.6 is 0 Å². The summed E-state index contributed by atoms with van der Waals surface area (Å²) in [6, 6.07) is 3.66. The molecule has 0 saturated heterocycles. The van der Waals surface area contributed by atoms with E-state index in [2.05, 4.69) is 23.6 Å². The quantitative estimate of drug-likeness (QED) is 0.755. The fourth-order valence-corrected chi connectivity index (χ4v) is 2.23. The van der Waals surface area contributed by atoms with Crippen LogP contribution in [0.4, 0.5) is 11.4 Å². The number of nitrogen functional groups attached to an aromatic ring is 1. The first-order chi connectivity index (χ1) is 9.72. The van der Waals surface area contributed by atoms with Gasteiger partial charge in [0, 0.05) is 31.0 Å². The van der Waals surface area contributed by atoms with E-state index in [0.717, 1.165) is 30.9 Å². The maximum absolute atomic E-state index is 11.3. The number of nitrogens with two attached hydrogens (primary N) is 1. The number of aromatic carboxylic acids is 1. The number of likely N-dealkylation sites (N-methyl/N-ethyl adjacent to an activating group) is 1. The highest BCUT2D eigenvalue weighted by atomic mass is 16.4. The predicted octanol–water partition coefficient (Wildman–Crippen LogP) is 2.30. The molecule has 21 heavy (non-hydrogen) atoms. The molecule has 1 aromatic rings. The van der Waals surface area contributed by atoms with Gasteiger partial charge in [-0.15, -0.1) is 0 Å². The molecule has 0 saturated carbocycles. The zero-order valence-corrected chi connectivity index (χ0v) is 13.7. The number of rotatable bonds is 7. The Morgan fingerprint density at radius 3 is 2.38 bits per heavy atom. The summed E-state index contributed by atoms with van der Waals surface area (Å²) >= 11 is 0. The molecule has 5 heteroatoms. The first-order valence-electron chi connectivity index (χ1n) is 7.25. The van der Waals surface area contributed by atoms with Crippen molar-refractivity contribution in [2.75, 3.05) is 44.4 Å². The first kappa shape index (κ1) is 17.3. The van der Waals surface area contributed by atoms with Gasteiger partial charge in [0.25, 0.3) is 0 Å². The van der Waals surface area contributed by atoms with Gasteiger partial charge >= 0.3 is 5.97 Å². The number of aryl methyl sites for hydroxylation is 1. The third-order valence-corrected chi connectivity index (χ3v) is 3.37. The van der Waals surface area contributed by atoms with E-state index in [1.807, 2.05) is 27.1 Å². The minimum absolute atomic E-state index is 0.184. The molecule has 118 valence electrons. The van der Waals surface area contributed by atoms with Crippen LogP contribution in [0.1, 0.15) is 29.8 Å². The second kappa shape index (κ2) is 7.31. The summed E-state index contributed by atoms with van der Waals surface area (Å²) in [7, 11) is 4.06. The van der Waals surface area contributed by atoms with Gasteiger partial charge in [-0.2, -0.15) is 0 Å². The van der Waals surface area contributed by atoms with Crippen LogP contribution in [-0.4, -0.2) is 49.7 Å². The van der Waals surface area contributed by atoms with Gasteiger partial charge in [-0.05, 0) is 44.6 Å². The Bertz CT molecular complexity index is 499. The van der Waals surface area contributed by atoms with Crippen molar-refractivity contribution < 1.29 is 9.90 Å². The largest absolute Gasteiger partial charge is 0.478 e. The van der Waals surface area contributed by atoms with Crippen LogP contribution in [0.25, 0.3) is 0 Å². The Labute approximate surface area is 127 Å². The number of carboxylic acid groups (broad SMARTS) is 1. The molecule has 0 bridgehead atoms. The standard InChI is InChI=1S/C16H27N3O2/c1-11(2)10-19(7-6-18(4)5)13-8-12(3)15(17)14(9-13)16(20)21/h8-9,11H,6-7,10,17H2,1-5H3,(H,20,21). The van der Waals surface area contributed by atoms with E-state index in [1.165, 1.54) is 0 Å². The van der Waals surface area contributed by atoms with Gasteiger partial charge in [-0.3, -0.25) is 0 Å². The van der Waals surface area contributed by atoms with Crippen LogP contribution in [0.5, 0.6) is 0 Å². The molecule has 1 rings (SSSR count). The van der Waals surface area contributed by atoms with E-state index in [9.17, 15) is 9.90 Å². The molecule has 0 atom stereocenters. The normalized spacial score (nSPS) is 11.2. The van der Waals surface area contributed by atoms with Crippen LogP contribution < -0.4 is 10.6 Å². The van der Waals surface area contributed by atoms with Gasteiger partial charge in [0.15, 0.2) is 0 Å². The van der Waals surface area contributed by atoms with Crippen LogP contribution in [0.3, 0.4) is 0 Å². The molecule has 0 spiro atoms. The molecule has 0 aliphatic heterocycles. The Kier molecular flexibility index (Phi) is 6.03. The van der Waals surface area contributed by atoms with E-state index < -0.39 is 5.97 Å². The number of hydrogen-bond donors (Lipinski definition) is 2. The van der Waals surface area contributed by atoms with Crippen molar-refractivity contribution in [3.05, 3.63) is 23.3 Å². The van der Waals surface area contributed by atoms with Crippen molar-refractivity contribution in [1.29, 1.82) is 0 Å². The van der Waals surface area contributed by atoms with Crippen molar-refractivity contribution in [3.8, 4) is 0 Å². The highest BCUT2D eigenvalue weighted by Crippen LogP contribution is 2.26. The lowest BCUT2D eigenvalue weighted by molar-refractivity contribution is 0.0698. The summed E-state index contributed by atoms with van der Waals surface area (Å²) in [6.45, 7) is 8.82. The summed E-state index contributed by atoms with van der Waals surface area (Å²) in [5, 5.41) is 9.29. The van der Waals surface area contributed by atoms with Crippen LogP contribution in [0.15, 0.2) is 12.1 Å². The zero-order chi connectivity index (χ0) is 16.2. The Hall–Kier alpha value is -1.75. The molecule has 1 aromatic carbocycles. The third kappa shape index (κ3) is 4.93. The summed E-state index contributed by atoms with van der Waals surface area (Å²) in [4.78, 5) is 15.7. The second-order valence-corrected chi connectivity index (χ2v) is 6.17. The second-order valence-electron chi connectivity index (χ2n) is 6.17. The van der Waals surface area contributed by atoms with Crippen LogP contribution in [0, 0.1) is 12.8 Å². The fourth-order valence-electron chi connectivity index (χ4n) is 2.23. The summed E-state index contributed by atoms with van der Waals surface area (Å²) in [5.41, 5.74) is 8.14. The number of hydrogen-bond acceptors (Lipinski definition) is 4. The Morgan fingerprint density at radius 2 is 1.90 bits per heavy atom. The Balaban J connectivity index is 3.14. The molecule has 3 N–H and O–H groups in total. The number of nitrogens with zero attached hydrogens (tertiary/aromatic N) is 2. The van der Waals surface area contributed by atoms with E-state index in [4.69, 9.17) is 5.73 Å². The molecule has 0 aromatic heterocycles. The maximum atomic E-state index is 11.3. The lowest BCUT2D eigenvalue weighted by atomic mass is 10.1. The molecule has 0 unspecified atom stereocenters. The van der Waals surface area contributed by atoms with Crippen molar-refractivity contribution in [2.24, 2.45) is 5.92 Å². The molecule has 0 aliphatic carbocycles. The van der Waals surface area contributed by atoms with Crippen molar-refractivity contribution in [1.82, 2.24) is 4.90 Å². The van der Waals surface area contributed by atoms with Gasteiger partial charge in [-0.1, -0.05) is 13.8 Å². The fraction of sp³-hybridized carbons (Fsp3) is 0.562.